The Morgan fingerprint density at radius 1 is 0.974 bits per heavy atom. The van der Waals surface area contributed by atoms with Gasteiger partial charge >= 0.3 is 5.97 Å². The van der Waals surface area contributed by atoms with Crippen molar-refractivity contribution in [1.29, 1.82) is 0 Å². The zero-order valence-corrected chi connectivity index (χ0v) is 21.7. The Labute approximate surface area is 221 Å². The summed E-state index contributed by atoms with van der Waals surface area (Å²) < 4.78 is 6.86. The molecule has 0 spiro atoms. The second-order valence-corrected chi connectivity index (χ2v) is 9.82. The fraction of sp³-hybridized carbons (Fsp3) is 0.290. The van der Waals surface area contributed by atoms with Crippen LogP contribution in [0.25, 0.3) is 16.7 Å². The van der Waals surface area contributed by atoms with Crippen molar-refractivity contribution >= 4 is 22.9 Å². The molecule has 0 unspecified atom stereocenters. The number of hydrogen-bond acceptors (Lipinski definition) is 5. The largest absolute Gasteiger partial charge is 0.464 e. The Kier molecular flexibility index (Phi) is 7.36. The van der Waals surface area contributed by atoms with Gasteiger partial charge in [0.25, 0.3) is 5.91 Å². The molecule has 1 N–H and O–H groups in total. The van der Waals surface area contributed by atoms with Gasteiger partial charge in [0, 0.05) is 35.0 Å². The molecule has 1 fully saturated rings. The van der Waals surface area contributed by atoms with E-state index in [-0.39, 0.29) is 29.5 Å². The van der Waals surface area contributed by atoms with E-state index in [9.17, 15) is 14.4 Å². The summed E-state index contributed by atoms with van der Waals surface area (Å²) in [5.41, 5.74) is 3.41. The normalized spacial score (nSPS) is 13.8. The standard InChI is InChI=1S/C31H31N3O4/c1-20-13-18-25-28(35)26(27(31(37)38-2)34(29(25)32-20)24-11-7-4-8-12-24)19-21-14-16-22(17-15-21)30(36)33-23-9-5-3-6-10-23/h4,7-8,11-18,23H,3,5-6,9-10,19H2,1-2H3,(H,33,36). The molecule has 1 aliphatic carbocycles. The van der Waals surface area contributed by atoms with E-state index in [1.54, 1.807) is 28.8 Å². The predicted molar refractivity (Wildman–Crippen MR) is 147 cm³/mol. The van der Waals surface area contributed by atoms with Crippen LogP contribution in [-0.2, 0) is 11.2 Å². The molecule has 2 aromatic carbocycles. The van der Waals surface area contributed by atoms with Crippen LogP contribution in [-0.4, -0.2) is 34.6 Å². The molecule has 0 saturated heterocycles. The zero-order chi connectivity index (χ0) is 26.6. The third-order valence-electron chi connectivity index (χ3n) is 7.18. The van der Waals surface area contributed by atoms with E-state index in [1.165, 1.54) is 13.5 Å². The Morgan fingerprint density at radius 3 is 2.37 bits per heavy atom. The van der Waals surface area contributed by atoms with Gasteiger partial charge in [-0.1, -0.05) is 49.6 Å². The number of benzene rings is 2. The summed E-state index contributed by atoms with van der Waals surface area (Å²) in [7, 11) is 1.31. The van der Waals surface area contributed by atoms with Crippen LogP contribution >= 0.6 is 0 Å². The third kappa shape index (κ3) is 5.09. The van der Waals surface area contributed by atoms with Gasteiger partial charge in [0.15, 0.2) is 5.43 Å². The topological polar surface area (TPSA) is 90.3 Å². The highest BCUT2D eigenvalue weighted by atomic mass is 16.5. The molecule has 2 heterocycles. The molecule has 1 saturated carbocycles. The first kappa shape index (κ1) is 25.4. The van der Waals surface area contributed by atoms with Gasteiger partial charge in [-0.05, 0) is 61.7 Å². The van der Waals surface area contributed by atoms with Gasteiger partial charge in [-0.2, -0.15) is 0 Å². The molecule has 7 nitrogen and oxygen atoms in total. The van der Waals surface area contributed by atoms with Crippen LogP contribution in [0.5, 0.6) is 0 Å². The molecular weight excluding hydrogens is 478 g/mol. The number of aryl methyl sites for hydroxylation is 1. The lowest BCUT2D eigenvalue weighted by molar-refractivity contribution is 0.0589. The average Bonchev–Trinajstić information content (AvgIpc) is 2.95. The van der Waals surface area contributed by atoms with E-state index in [1.807, 2.05) is 49.4 Å². The minimum atomic E-state index is -0.616. The van der Waals surface area contributed by atoms with Crippen molar-refractivity contribution in [1.82, 2.24) is 14.9 Å². The third-order valence-corrected chi connectivity index (χ3v) is 7.18. The lowest BCUT2D eigenvalue weighted by atomic mass is 9.95. The smallest absolute Gasteiger partial charge is 0.355 e. The van der Waals surface area contributed by atoms with Crippen molar-refractivity contribution in [3.05, 3.63) is 105 Å². The minimum Gasteiger partial charge on any atom is -0.464 e. The number of hydrogen-bond donors (Lipinski definition) is 1. The molecule has 194 valence electrons. The number of esters is 1. The maximum absolute atomic E-state index is 13.7. The summed E-state index contributed by atoms with van der Waals surface area (Å²) in [6, 6.07) is 20.3. The summed E-state index contributed by atoms with van der Waals surface area (Å²) in [4.78, 5) is 44.3. The molecule has 1 amide bonds. The number of aromatic nitrogens is 2. The first-order valence-corrected chi connectivity index (χ1v) is 13.0. The first-order chi connectivity index (χ1) is 18.5. The number of methoxy groups -OCH3 is 1. The summed E-state index contributed by atoms with van der Waals surface area (Å²) in [5, 5.41) is 3.56. The fourth-order valence-electron chi connectivity index (χ4n) is 5.20. The molecule has 2 aromatic heterocycles. The van der Waals surface area contributed by atoms with Gasteiger partial charge in [-0.3, -0.25) is 14.2 Å². The molecule has 0 aliphatic heterocycles. The van der Waals surface area contributed by atoms with Gasteiger partial charge < -0.3 is 10.1 Å². The second-order valence-electron chi connectivity index (χ2n) is 9.82. The quantitative estimate of drug-likeness (QED) is 0.364. The van der Waals surface area contributed by atoms with Crippen LogP contribution in [0.2, 0.25) is 0 Å². The Hall–Kier alpha value is -4.26. The lowest BCUT2D eigenvalue weighted by Crippen LogP contribution is -2.36. The number of nitrogens with one attached hydrogen (secondary N) is 1. The van der Waals surface area contributed by atoms with Crippen molar-refractivity contribution in [2.45, 2.75) is 51.5 Å². The van der Waals surface area contributed by atoms with E-state index in [0.29, 0.717) is 27.8 Å². The number of nitrogens with zero attached hydrogens (tertiary/aromatic N) is 2. The summed E-state index contributed by atoms with van der Waals surface area (Å²) >= 11 is 0. The van der Waals surface area contributed by atoms with Crippen LogP contribution in [0.1, 0.15) is 69.8 Å². The minimum absolute atomic E-state index is 0.0858. The number of carbonyl (C=O) groups excluding carboxylic acids is 2. The van der Waals surface area contributed by atoms with Gasteiger partial charge in [0.05, 0.1) is 12.5 Å². The average molecular weight is 510 g/mol. The van der Waals surface area contributed by atoms with Crippen molar-refractivity contribution in [2.75, 3.05) is 7.11 Å². The number of amides is 1. The van der Waals surface area contributed by atoms with Crippen molar-refractivity contribution in [3.8, 4) is 5.69 Å². The maximum atomic E-state index is 13.7. The lowest BCUT2D eigenvalue weighted by Gasteiger charge is -2.22. The number of fused-ring (bicyclic) bond motifs is 1. The van der Waals surface area contributed by atoms with Gasteiger partial charge in [-0.15, -0.1) is 0 Å². The monoisotopic (exact) mass is 509 g/mol. The van der Waals surface area contributed by atoms with E-state index in [0.717, 1.165) is 36.9 Å². The molecule has 0 radical (unpaired) electrons. The highest BCUT2D eigenvalue weighted by Gasteiger charge is 2.25. The molecule has 38 heavy (non-hydrogen) atoms. The SMILES string of the molecule is COC(=O)c1c(Cc2ccc(C(=O)NC3CCCCC3)cc2)c(=O)c2ccc(C)nc2n1-c1ccccc1. The molecule has 7 heteroatoms. The number of carbonyl (C=O) groups is 2. The van der Waals surface area contributed by atoms with Crippen LogP contribution in [0.3, 0.4) is 0 Å². The number of pyridine rings is 2. The highest BCUT2D eigenvalue weighted by Crippen LogP contribution is 2.24. The summed E-state index contributed by atoms with van der Waals surface area (Å²) in [5.74, 6) is -0.702. The van der Waals surface area contributed by atoms with Gasteiger partial charge in [0.2, 0.25) is 0 Å². The van der Waals surface area contributed by atoms with Crippen molar-refractivity contribution in [3.63, 3.8) is 0 Å². The second kappa shape index (κ2) is 11.0. The van der Waals surface area contributed by atoms with E-state index in [2.05, 4.69) is 10.3 Å². The van der Waals surface area contributed by atoms with E-state index < -0.39 is 5.97 Å². The first-order valence-electron chi connectivity index (χ1n) is 13.0. The van der Waals surface area contributed by atoms with E-state index >= 15 is 0 Å². The Balaban J connectivity index is 1.57. The molecule has 1 aliphatic rings. The molecule has 0 atom stereocenters. The molecular formula is C31H31N3O4. The fourth-order valence-corrected chi connectivity index (χ4v) is 5.20. The molecule has 0 bridgehead atoms. The number of para-hydroxylation sites is 1. The van der Waals surface area contributed by atoms with Crippen molar-refractivity contribution in [2.24, 2.45) is 0 Å². The predicted octanol–water partition coefficient (Wildman–Crippen LogP) is 5.13. The van der Waals surface area contributed by atoms with Gasteiger partial charge in [-0.25, -0.2) is 9.78 Å². The Bertz CT molecular complexity index is 1540. The maximum Gasteiger partial charge on any atom is 0.355 e. The van der Waals surface area contributed by atoms with E-state index in [4.69, 9.17) is 4.74 Å². The van der Waals surface area contributed by atoms with Crippen LogP contribution in [0, 0.1) is 6.92 Å². The van der Waals surface area contributed by atoms with Crippen LogP contribution in [0.4, 0.5) is 0 Å². The summed E-state index contributed by atoms with van der Waals surface area (Å²) in [6.45, 7) is 1.84. The van der Waals surface area contributed by atoms with Crippen LogP contribution < -0.4 is 10.7 Å². The number of ether oxygens (including phenoxy) is 1. The van der Waals surface area contributed by atoms with Crippen LogP contribution in [0.15, 0.2) is 71.5 Å². The Morgan fingerprint density at radius 2 is 1.68 bits per heavy atom. The van der Waals surface area contributed by atoms with Gasteiger partial charge in [0.1, 0.15) is 11.3 Å². The van der Waals surface area contributed by atoms with Crippen molar-refractivity contribution < 1.29 is 14.3 Å². The zero-order valence-electron chi connectivity index (χ0n) is 21.7. The number of rotatable bonds is 6. The highest BCUT2D eigenvalue weighted by molar-refractivity contribution is 5.95. The molecule has 4 aromatic rings. The summed E-state index contributed by atoms with van der Waals surface area (Å²) in [6.07, 6.45) is 5.76. The molecule has 5 rings (SSSR count).